The van der Waals surface area contributed by atoms with Gasteiger partial charge in [0.15, 0.2) is 0 Å². The van der Waals surface area contributed by atoms with Gasteiger partial charge in [0, 0.05) is 23.1 Å². The fourth-order valence-corrected chi connectivity index (χ4v) is 3.85. The van der Waals surface area contributed by atoms with Crippen molar-refractivity contribution < 1.29 is 13.2 Å². The van der Waals surface area contributed by atoms with Crippen molar-refractivity contribution in [3.8, 4) is 10.6 Å². The van der Waals surface area contributed by atoms with Gasteiger partial charge >= 0.3 is 0 Å². The molecule has 1 N–H and O–H groups in total. The number of rotatable bonds is 2. The number of fused-ring (bicyclic) bond motifs is 1. The van der Waals surface area contributed by atoms with Crippen LogP contribution in [0, 0.1) is 17.5 Å². The largest absolute Gasteiger partial charge is 0.312 e. The van der Waals surface area contributed by atoms with E-state index in [0.717, 1.165) is 29.8 Å². The van der Waals surface area contributed by atoms with Crippen LogP contribution in [0.1, 0.15) is 29.5 Å². The van der Waals surface area contributed by atoms with E-state index in [1.54, 1.807) is 0 Å². The summed E-state index contributed by atoms with van der Waals surface area (Å²) in [6.07, 6.45) is 2.80. The van der Waals surface area contributed by atoms with Gasteiger partial charge in [0.25, 0.3) is 0 Å². The van der Waals surface area contributed by atoms with Gasteiger partial charge in [0.2, 0.25) is 0 Å². The quantitative estimate of drug-likeness (QED) is 0.911. The number of hydrogen-bond acceptors (Lipinski definition) is 3. The third kappa shape index (κ3) is 2.23. The van der Waals surface area contributed by atoms with Crippen LogP contribution in [0.15, 0.2) is 12.1 Å². The first-order valence-electron chi connectivity index (χ1n) is 6.42. The Hall–Kier alpha value is -1.40. The highest BCUT2D eigenvalue weighted by Crippen LogP contribution is 2.39. The summed E-state index contributed by atoms with van der Waals surface area (Å²) in [7, 11) is 1.86. The Balaban J connectivity index is 2.11. The van der Waals surface area contributed by atoms with Crippen LogP contribution in [0.3, 0.4) is 0 Å². The molecule has 2 aromatic rings. The van der Waals surface area contributed by atoms with Crippen molar-refractivity contribution in [3.05, 3.63) is 40.2 Å². The Bertz CT molecular complexity index is 631. The van der Waals surface area contributed by atoms with Gasteiger partial charge in [-0.2, -0.15) is 0 Å². The SMILES string of the molecule is CNC1CCCc2nc(-c3c(F)cc(F)cc3F)sc21. The summed E-state index contributed by atoms with van der Waals surface area (Å²) in [5.74, 6) is -2.73. The molecule has 2 nitrogen and oxygen atoms in total. The summed E-state index contributed by atoms with van der Waals surface area (Å²) in [5, 5.41) is 3.47. The molecule has 1 unspecified atom stereocenters. The van der Waals surface area contributed by atoms with Gasteiger partial charge in [-0.05, 0) is 26.3 Å². The molecule has 0 saturated carbocycles. The second-order valence-electron chi connectivity index (χ2n) is 4.81. The topological polar surface area (TPSA) is 24.9 Å². The van der Waals surface area contributed by atoms with Crippen LogP contribution in [-0.4, -0.2) is 12.0 Å². The Kier molecular flexibility index (Phi) is 3.52. The van der Waals surface area contributed by atoms with Crippen LogP contribution in [-0.2, 0) is 6.42 Å². The van der Waals surface area contributed by atoms with E-state index in [9.17, 15) is 13.2 Å². The van der Waals surface area contributed by atoms with Crippen LogP contribution in [0.2, 0.25) is 0 Å². The number of nitrogens with one attached hydrogen (secondary N) is 1. The fourth-order valence-electron chi connectivity index (χ4n) is 2.55. The molecule has 0 fully saturated rings. The second-order valence-corrected chi connectivity index (χ2v) is 5.84. The number of aryl methyl sites for hydroxylation is 1. The first kappa shape index (κ1) is 13.6. The number of halogens is 3. The van der Waals surface area contributed by atoms with Crippen molar-refractivity contribution in [2.45, 2.75) is 25.3 Å². The smallest absolute Gasteiger partial charge is 0.139 e. The Morgan fingerprint density at radius 3 is 2.60 bits per heavy atom. The van der Waals surface area contributed by atoms with Gasteiger partial charge in [-0.15, -0.1) is 11.3 Å². The molecule has 0 spiro atoms. The molecule has 1 aromatic carbocycles. The zero-order chi connectivity index (χ0) is 14.3. The minimum Gasteiger partial charge on any atom is -0.312 e. The molecule has 0 bridgehead atoms. The molecule has 0 amide bonds. The number of aromatic nitrogens is 1. The lowest BCUT2D eigenvalue weighted by molar-refractivity contribution is 0.501. The summed E-state index contributed by atoms with van der Waals surface area (Å²) in [4.78, 5) is 5.37. The first-order valence-corrected chi connectivity index (χ1v) is 7.23. The Morgan fingerprint density at radius 1 is 1.25 bits per heavy atom. The highest BCUT2D eigenvalue weighted by molar-refractivity contribution is 7.15. The summed E-state index contributed by atoms with van der Waals surface area (Å²) in [5.41, 5.74) is 0.652. The van der Waals surface area contributed by atoms with Gasteiger partial charge in [-0.3, -0.25) is 0 Å². The predicted octanol–water partition coefficient (Wildman–Crippen LogP) is 3.82. The van der Waals surface area contributed by atoms with Crippen molar-refractivity contribution >= 4 is 11.3 Å². The monoisotopic (exact) mass is 298 g/mol. The predicted molar refractivity (Wildman–Crippen MR) is 72.2 cm³/mol. The molecule has 106 valence electrons. The van der Waals surface area contributed by atoms with Crippen LogP contribution in [0.25, 0.3) is 10.6 Å². The summed E-state index contributed by atoms with van der Waals surface area (Å²) in [6, 6.07) is 1.56. The average molecular weight is 298 g/mol. The second kappa shape index (κ2) is 5.18. The maximum atomic E-state index is 13.8. The zero-order valence-corrected chi connectivity index (χ0v) is 11.7. The maximum Gasteiger partial charge on any atom is 0.139 e. The standard InChI is InChI=1S/C14H13F3N2S/c1-18-10-3-2-4-11-13(10)20-14(19-11)12-8(16)5-7(15)6-9(12)17/h5-6,10,18H,2-4H2,1H3. The van der Waals surface area contributed by atoms with E-state index in [2.05, 4.69) is 10.3 Å². The lowest BCUT2D eigenvalue weighted by atomic mass is 9.98. The van der Waals surface area contributed by atoms with E-state index in [-0.39, 0.29) is 16.6 Å². The fraction of sp³-hybridized carbons (Fsp3) is 0.357. The van der Waals surface area contributed by atoms with E-state index in [0.29, 0.717) is 12.1 Å². The van der Waals surface area contributed by atoms with Gasteiger partial charge < -0.3 is 5.32 Å². The van der Waals surface area contributed by atoms with Crippen molar-refractivity contribution in [1.29, 1.82) is 0 Å². The van der Waals surface area contributed by atoms with E-state index in [1.165, 1.54) is 11.3 Å². The number of thiazole rings is 1. The molecular weight excluding hydrogens is 285 g/mol. The molecule has 1 aromatic heterocycles. The minimum atomic E-state index is -0.918. The third-order valence-electron chi connectivity index (χ3n) is 3.52. The van der Waals surface area contributed by atoms with Gasteiger partial charge in [-0.25, -0.2) is 18.2 Å². The minimum absolute atomic E-state index is 0.177. The van der Waals surface area contributed by atoms with Crippen molar-refractivity contribution in [2.24, 2.45) is 0 Å². The summed E-state index contributed by atoms with van der Waals surface area (Å²) in [6.45, 7) is 0. The highest BCUT2D eigenvalue weighted by Gasteiger charge is 2.26. The third-order valence-corrected chi connectivity index (χ3v) is 4.75. The van der Waals surface area contributed by atoms with Crippen LogP contribution < -0.4 is 5.32 Å². The molecular formula is C14H13F3N2S. The normalized spacial score (nSPS) is 18.1. The van der Waals surface area contributed by atoms with Gasteiger partial charge in [0.1, 0.15) is 22.5 Å². The molecule has 0 aliphatic heterocycles. The van der Waals surface area contributed by atoms with Crippen LogP contribution in [0.5, 0.6) is 0 Å². The van der Waals surface area contributed by atoms with Crippen molar-refractivity contribution in [2.75, 3.05) is 7.05 Å². The molecule has 0 radical (unpaired) electrons. The first-order chi connectivity index (χ1) is 9.60. The van der Waals surface area contributed by atoms with Crippen LogP contribution in [0.4, 0.5) is 13.2 Å². The van der Waals surface area contributed by atoms with Gasteiger partial charge in [-0.1, -0.05) is 0 Å². The highest BCUT2D eigenvalue weighted by atomic mass is 32.1. The molecule has 1 atom stereocenters. The molecule has 20 heavy (non-hydrogen) atoms. The lowest BCUT2D eigenvalue weighted by Crippen LogP contribution is -2.19. The number of hydrogen-bond donors (Lipinski definition) is 1. The Morgan fingerprint density at radius 2 is 1.95 bits per heavy atom. The summed E-state index contributed by atoms with van der Waals surface area (Å²) < 4.78 is 40.6. The maximum absolute atomic E-state index is 13.8. The van der Waals surface area contributed by atoms with E-state index < -0.39 is 17.5 Å². The van der Waals surface area contributed by atoms with Crippen molar-refractivity contribution in [3.63, 3.8) is 0 Å². The van der Waals surface area contributed by atoms with Crippen molar-refractivity contribution in [1.82, 2.24) is 10.3 Å². The molecule has 1 aliphatic carbocycles. The van der Waals surface area contributed by atoms with Gasteiger partial charge in [0.05, 0.1) is 11.3 Å². The molecule has 3 rings (SSSR count). The van der Waals surface area contributed by atoms with E-state index in [1.807, 2.05) is 7.05 Å². The molecule has 1 aliphatic rings. The molecule has 1 heterocycles. The number of nitrogens with zero attached hydrogens (tertiary/aromatic N) is 1. The van der Waals surface area contributed by atoms with E-state index >= 15 is 0 Å². The number of benzene rings is 1. The van der Waals surface area contributed by atoms with E-state index in [4.69, 9.17) is 0 Å². The summed E-state index contributed by atoms with van der Waals surface area (Å²) >= 11 is 1.28. The lowest BCUT2D eigenvalue weighted by Gasteiger charge is -2.19. The molecule has 0 saturated heterocycles. The average Bonchev–Trinajstić information content (AvgIpc) is 2.80. The van der Waals surface area contributed by atoms with Crippen LogP contribution >= 0.6 is 11.3 Å². The molecule has 6 heteroatoms. The zero-order valence-electron chi connectivity index (χ0n) is 10.8. The Labute approximate surface area is 118 Å².